The van der Waals surface area contributed by atoms with Crippen molar-refractivity contribution in [2.45, 2.75) is 12.5 Å². The maximum atomic E-state index is 2.94. The molecule has 0 N–H and O–H groups in total. The first-order valence-corrected chi connectivity index (χ1v) is 14.2. The molecule has 1 unspecified atom stereocenters. The van der Waals surface area contributed by atoms with Gasteiger partial charge in [0, 0.05) is 0 Å². The Labute approximate surface area is 182 Å². The molecule has 1 radical (unpaired) electrons. The lowest BCUT2D eigenvalue weighted by Crippen LogP contribution is -2.86. The summed E-state index contributed by atoms with van der Waals surface area (Å²) in [7, 11) is -3.16. The Bertz CT molecular complexity index is 1010. The minimum absolute atomic E-state index is 0.676. The maximum absolute atomic E-state index is 2.94. The van der Waals surface area contributed by atoms with Crippen LogP contribution in [0.4, 0.5) is 0 Å². The summed E-state index contributed by atoms with van der Waals surface area (Å²) in [6.45, 7) is 3.63. The summed E-state index contributed by atoms with van der Waals surface area (Å²) < 4.78 is 2.94. The van der Waals surface area contributed by atoms with Gasteiger partial charge in [-0.3, -0.25) is 0 Å². The molecule has 0 bridgehead atoms. The molecule has 4 aromatic carbocycles. The van der Waals surface area contributed by atoms with Crippen LogP contribution in [0.1, 0.15) is 6.92 Å². The lowest BCUT2D eigenvalue weighted by molar-refractivity contribution is 0.517. The number of hydrogen-bond acceptors (Lipinski definition) is 1. The highest BCUT2D eigenvalue weighted by atomic mass is 28.4. The summed E-state index contributed by atoms with van der Waals surface area (Å²) in [5.74, 6) is 0. The van der Waals surface area contributed by atoms with Crippen molar-refractivity contribution in [1.29, 1.82) is 0 Å². The van der Waals surface area contributed by atoms with Crippen LogP contribution in [0.5, 0.6) is 0 Å². The van der Waals surface area contributed by atoms with Crippen LogP contribution in [0.3, 0.4) is 0 Å². The van der Waals surface area contributed by atoms with Crippen molar-refractivity contribution in [1.82, 2.24) is 4.23 Å². The molecule has 0 spiro atoms. The van der Waals surface area contributed by atoms with Gasteiger partial charge in [0.2, 0.25) is 8.96 Å². The van der Waals surface area contributed by atoms with Gasteiger partial charge in [0.25, 0.3) is 0 Å². The van der Waals surface area contributed by atoms with E-state index in [1.165, 1.54) is 20.7 Å². The molecule has 1 heterocycles. The molecule has 4 aromatic rings. The van der Waals surface area contributed by atoms with E-state index in [9.17, 15) is 0 Å². The van der Waals surface area contributed by atoms with Crippen molar-refractivity contribution in [3.63, 3.8) is 0 Å². The number of benzene rings is 4. The maximum Gasteiger partial charge on any atom is 0.202 e. The topological polar surface area (TPSA) is 3.24 Å². The zero-order valence-electron chi connectivity index (χ0n) is 17.3. The van der Waals surface area contributed by atoms with E-state index >= 15 is 0 Å². The average molecular weight is 421 g/mol. The predicted molar refractivity (Wildman–Crippen MR) is 132 cm³/mol. The van der Waals surface area contributed by atoms with E-state index in [4.69, 9.17) is 0 Å². The minimum atomic E-state index is -2.08. The molecular formula is C27H26NSi2. The van der Waals surface area contributed by atoms with Crippen LogP contribution >= 0.6 is 0 Å². The second kappa shape index (κ2) is 8.19. The Morgan fingerprint density at radius 1 is 0.600 bits per heavy atom. The highest BCUT2D eigenvalue weighted by Gasteiger charge is 2.58. The van der Waals surface area contributed by atoms with Crippen molar-refractivity contribution in [3.8, 4) is 0 Å². The third-order valence-corrected chi connectivity index (χ3v) is 15.7. The minimum Gasteiger partial charge on any atom is -0.331 e. The fourth-order valence-electron chi connectivity index (χ4n) is 5.07. The molecule has 0 amide bonds. The molecule has 30 heavy (non-hydrogen) atoms. The summed E-state index contributed by atoms with van der Waals surface area (Å²) >= 11 is 0. The van der Waals surface area contributed by atoms with Crippen molar-refractivity contribution in [2.24, 2.45) is 0 Å². The molecule has 1 aliphatic heterocycles. The van der Waals surface area contributed by atoms with E-state index in [0.717, 1.165) is 6.54 Å². The van der Waals surface area contributed by atoms with Gasteiger partial charge >= 0.3 is 0 Å². The molecule has 1 nitrogen and oxygen atoms in total. The zero-order chi connectivity index (χ0) is 20.4. The first-order valence-electron chi connectivity index (χ1n) is 10.7. The van der Waals surface area contributed by atoms with Gasteiger partial charge in [-0.25, -0.2) is 0 Å². The molecule has 147 valence electrons. The van der Waals surface area contributed by atoms with Gasteiger partial charge in [0.15, 0.2) is 8.24 Å². The molecule has 0 saturated carbocycles. The van der Waals surface area contributed by atoms with E-state index in [0.29, 0.717) is 5.54 Å². The lowest BCUT2D eigenvalue weighted by Gasteiger charge is -2.59. The van der Waals surface area contributed by atoms with Crippen molar-refractivity contribution >= 4 is 37.9 Å². The Balaban J connectivity index is 1.73. The average Bonchev–Trinajstić information content (AvgIpc) is 2.82. The standard InChI is InChI=1S/C27H26NSi2/c1-23-22-28(29(24-14-6-2-7-15-24)25-16-8-3-9-17-25)30(23,26-18-10-4-11-19-26)27-20-12-5-13-21-27/h2-21,23H,22H2,1H3. The number of nitrogens with zero attached hydrogens (tertiary/aromatic N) is 1. The molecule has 5 rings (SSSR count). The van der Waals surface area contributed by atoms with Gasteiger partial charge in [-0.15, -0.1) is 0 Å². The highest BCUT2D eigenvalue weighted by molar-refractivity contribution is 7.10. The molecule has 1 aliphatic rings. The van der Waals surface area contributed by atoms with Crippen molar-refractivity contribution in [3.05, 3.63) is 121 Å². The van der Waals surface area contributed by atoms with Gasteiger partial charge in [-0.1, -0.05) is 128 Å². The first-order chi connectivity index (χ1) is 14.8. The van der Waals surface area contributed by atoms with Gasteiger partial charge in [0.05, 0.1) is 0 Å². The zero-order valence-corrected chi connectivity index (χ0v) is 19.3. The molecule has 3 heteroatoms. The second-order valence-electron chi connectivity index (χ2n) is 8.09. The van der Waals surface area contributed by atoms with Crippen LogP contribution in [0, 0.1) is 0 Å². The lowest BCUT2D eigenvalue weighted by atomic mass is 10.4. The van der Waals surface area contributed by atoms with E-state index in [1.54, 1.807) is 0 Å². The van der Waals surface area contributed by atoms with Crippen LogP contribution in [0.2, 0.25) is 5.54 Å². The largest absolute Gasteiger partial charge is 0.331 e. The monoisotopic (exact) mass is 420 g/mol. The third kappa shape index (κ3) is 3.10. The number of hydrogen-bond donors (Lipinski definition) is 0. The molecule has 1 atom stereocenters. The quantitative estimate of drug-likeness (QED) is 0.448. The van der Waals surface area contributed by atoms with Gasteiger partial charge < -0.3 is 4.23 Å². The van der Waals surface area contributed by atoms with Gasteiger partial charge in [-0.05, 0) is 32.8 Å². The Hall–Kier alpha value is -2.73. The van der Waals surface area contributed by atoms with Crippen LogP contribution in [0.25, 0.3) is 0 Å². The van der Waals surface area contributed by atoms with Gasteiger partial charge in [-0.2, -0.15) is 0 Å². The summed E-state index contributed by atoms with van der Waals surface area (Å²) in [4.78, 5) is 0. The van der Waals surface area contributed by atoms with Crippen LogP contribution in [-0.2, 0) is 0 Å². The van der Waals surface area contributed by atoms with Crippen LogP contribution in [0.15, 0.2) is 121 Å². The second-order valence-corrected chi connectivity index (χ2v) is 15.1. The Kier molecular flexibility index (Phi) is 5.25. The summed E-state index contributed by atoms with van der Waals surface area (Å²) in [6.07, 6.45) is 0. The van der Waals surface area contributed by atoms with E-state index < -0.39 is 17.2 Å². The Morgan fingerprint density at radius 3 is 1.33 bits per heavy atom. The van der Waals surface area contributed by atoms with Crippen molar-refractivity contribution in [2.75, 3.05) is 6.54 Å². The highest BCUT2D eigenvalue weighted by Crippen LogP contribution is 2.37. The van der Waals surface area contributed by atoms with E-state index in [2.05, 4.69) is 132 Å². The molecular weight excluding hydrogens is 394 g/mol. The molecule has 0 aliphatic carbocycles. The fourth-order valence-corrected chi connectivity index (χ4v) is 16.0. The smallest absolute Gasteiger partial charge is 0.202 e. The van der Waals surface area contributed by atoms with Crippen LogP contribution < -0.4 is 20.7 Å². The summed E-state index contributed by atoms with van der Waals surface area (Å²) in [5, 5.41) is 6.02. The van der Waals surface area contributed by atoms with Gasteiger partial charge in [0.1, 0.15) is 0 Å². The van der Waals surface area contributed by atoms with E-state index in [1.807, 2.05) is 0 Å². The van der Waals surface area contributed by atoms with Crippen LogP contribution in [-0.4, -0.2) is 28.0 Å². The third-order valence-electron chi connectivity index (χ3n) is 6.39. The summed E-state index contributed by atoms with van der Waals surface area (Å²) in [6, 6.07) is 45.0. The first kappa shape index (κ1) is 19.2. The molecule has 0 aromatic heterocycles. The SMILES string of the molecule is CC1CN([Si](c2ccccc2)c2ccccc2)[Si]1(c1ccccc1)c1ccccc1. The Morgan fingerprint density at radius 2 is 0.967 bits per heavy atom. The summed E-state index contributed by atoms with van der Waals surface area (Å²) in [5.41, 5.74) is 0.676. The normalized spacial score (nSPS) is 18.1. The van der Waals surface area contributed by atoms with Crippen molar-refractivity contribution < 1.29 is 0 Å². The molecule has 1 saturated heterocycles. The fraction of sp³-hybridized carbons (Fsp3) is 0.111. The van der Waals surface area contributed by atoms with E-state index in [-0.39, 0.29) is 0 Å². The predicted octanol–water partition coefficient (Wildman–Crippen LogP) is 3.26. The number of rotatable bonds is 5. The molecule has 1 fully saturated rings.